The lowest BCUT2D eigenvalue weighted by Crippen LogP contribution is -2.58. The average Bonchev–Trinajstić information content (AvgIpc) is 3.52. The highest BCUT2D eigenvalue weighted by Crippen LogP contribution is 2.28. The number of carbonyl (C=O) groups is 3. The number of benzene rings is 1. The van der Waals surface area contributed by atoms with Gasteiger partial charge in [-0.2, -0.15) is 0 Å². The van der Waals surface area contributed by atoms with Crippen molar-refractivity contribution < 1.29 is 29.0 Å². The summed E-state index contributed by atoms with van der Waals surface area (Å²) in [5, 5.41) is 16.0. The molecule has 1 saturated heterocycles. The molecule has 0 saturated carbocycles. The molecule has 41 heavy (non-hydrogen) atoms. The van der Waals surface area contributed by atoms with Crippen LogP contribution in [0.15, 0.2) is 29.8 Å². The minimum absolute atomic E-state index is 0. The number of ether oxygens (including phenoxy) is 2. The van der Waals surface area contributed by atoms with E-state index < -0.39 is 35.4 Å². The molecule has 1 aliphatic heterocycles. The van der Waals surface area contributed by atoms with Crippen LogP contribution in [0, 0.1) is 12.3 Å². The highest BCUT2D eigenvalue weighted by molar-refractivity contribution is 7.13. The van der Waals surface area contributed by atoms with Gasteiger partial charge in [-0.25, -0.2) is 4.98 Å². The van der Waals surface area contributed by atoms with Gasteiger partial charge in [-0.15, -0.1) is 23.7 Å². The quantitative estimate of drug-likeness (QED) is 0.249. The predicted octanol–water partition coefficient (Wildman–Crippen LogP) is 1.64. The third-order valence-electron chi connectivity index (χ3n) is 6.58. The smallest absolute Gasteiger partial charge is 0.246 e. The fraction of sp³-hybridized carbons (Fsp3) is 0.571. The van der Waals surface area contributed by atoms with Crippen LogP contribution in [0.3, 0.4) is 0 Å². The summed E-state index contributed by atoms with van der Waals surface area (Å²) in [6, 6.07) is 6.10. The Labute approximate surface area is 251 Å². The monoisotopic (exact) mass is 611 g/mol. The number of carbonyl (C=O) groups excluding carboxylic acids is 3. The Morgan fingerprint density at radius 2 is 1.85 bits per heavy atom. The molecule has 3 amide bonds. The molecular formula is C28H42ClN5O6S. The van der Waals surface area contributed by atoms with Gasteiger partial charge in [0.1, 0.15) is 18.7 Å². The van der Waals surface area contributed by atoms with E-state index in [1.54, 1.807) is 11.3 Å². The molecule has 1 aromatic heterocycles. The van der Waals surface area contributed by atoms with Crippen molar-refractivity contribution in [3.63, 3.8) is 0 Å². The summed E-state index contributed by atoms with van der Waals surface area (Å²) < 4.78 is 10.6. The number of aliphatic hydroxyl groups excluding tert-OH is 1. The summed E-state index contributed by atoms with van der Waals surface area (Å²) in [6.45, 7) is 8.85. The zero-order chi connectivity index (χ0) is 29.3. The number of halogens is 1. The first-order chi connectivity index (χ1) is 19.0. The van der Waals surface area contributed by atoms with Gasteiger partial charge in [0, 0.05) is 26.1 Å². The highest BCUT2D eigenvalue weighted by Gasteiger charge is 2.44. The Balaban J connectivity index is 0.00000588. The zero-order valence-corrected chi connectivity index (χ0v) is 25.7. The van der Waals surface area contributed by atoms with E-state index in [0.717, 1.165) is 21.7 Å². The van der Waals surface area contributed by atoms with Crippen molar-refractivity contribution in [2.75, 3.05) is 39.5 Å². The third-order valence-corrected chi connectivity index (χ3v) is 7.56. The number of hydrogen-bond acceptors (Lipinski definition) is 9. The number of β-amino-alcohol motifs (C(OH)–C–C–N with tert-alkyl or cyclic N) is 1. The Hall–Kier alpha value is -2.61. The first-order valence-electron chi connectivity index (χ1n) is 13.4. The van der Waals surface area contributed by atoms with Crippen LogP contribution in [0.2, 0.25) is 0 Å². The molecule has 1 aliphatic rings. The van der Waals surface area contributed by atoms with Gasteiger partial charge in [0.2, 0.25) is 17.7 Å². The molecule has 0 bridgehead atoms. The van der Waals surface area contributed by atoms with E-state index in [1.165, 1.54) is 4.90 Å². The molecule has 2 heterocycles. The average molecular weight is 612 g/mol. The van der Waals surface area contributed by atoms with Crippen LogP contribution in [0.4, 0.5) is 0 Å². The van der Waals surface area contributed by atoms with E-state index in [4.69, 9.17) is 15.2 Å². The Morgan fingerprint density at radius 1 is 1.17 bits per heavy atom. The van der Waals surface area contributed by atoms with Gasteiger partial charge in [-0.05, 0) is 23.5 Å². The van der Waals surface area contributed by atoms with Crippen LogP contribution in [0.1, 0.15) is 38.4 Å². The van der Waals surface area contributed by atoms with Crippen LogP contribution in [0.5, 0.6) is 0 Å². The normalized spacial score (nSPS) is 17.6. The SMILES string of the molecule is Cc1ncsc1-c1ccc(CNC(=O)[C@@H]2C[C@@H](O)CN2C(=O)[C@H](NC(=O)COCCOCCN)C(C)(C)C)cc1.Cl. The van der Waals surface area contributed by atoms with Gasteiger partial charge in [0.15, 0.2) is 0 Å². The number of aryl methyl sites for hydroxylation is 1. The van der Waals surface area contributed by atoms with E-state index in [0.29, 0.717) is 19.8 Å². The minimum atomic E-state index is -0.916. The molecule has 228 valence electrons. The Kier molecular flexibility index (Phi) is 13.6. The largest absolute Gasteiger partial charge is 0.391 e. The number of nitrogens with zero attached hydrogens (tertiary/aromatic N) is 2. The summed E-state index contributed by atoms with van der Waals surface area (Å²) in [7, 11) is 0. The van der Waals surface area contributed by atoms with Crippen molar-refractivity contribution in [2.24, 2.45) is 11.1 Å². The standard InChI is InChI=1S/C28H41N5O6S.ClH/c1-18-24(40-17-31-18)20-7-5-19(6-8-20)14-30-26(36)22-13-21(34)15-33(22)27(37)25(28(2,3)4)32-23(35)16-39-12-11-38-10-9-29;/h5-8,17,21-22,25,34H,9-16,29H2,1-4H3,(H,30,36)(H,32,35);1H/t21-,22+,25+;/m1./s1. The zero-order valence-electron chi connectivity index (χ0n) is 24.1. The molecule has 1 aromatic carbocycles. The molecule has 3 atom stereocenters. The summed E-state index contributed by atoms with van der Waals surface area (Å²) in [5.41, 5.74) is 9.47. The molecule has 3 rings (SSSR count). The molecular weight excluding hydrogens is 570 g/mol. The van der Waals surface area contributed by atoms with Gasteiger partial charge in [0.05, 0.1) is 42.0 Å². The van der Waals surface area contributed by atoms with Crippen molar-refractivity contribution in [2.45, 2.75) is 58.8 Å². The van der Waals surface area contributed by atoms with Crippen molar-refractivity contribution in [3.8, 4) is 10.4 Å². The van der Waals surface area contributed by atoms with Crippen molar-refractivity contribution in [3.05, 3.63) is 41.0 Å². The lowest BCUT2D eigenvalue weighted by atomic mass is 9.85. The van der Waals surface area contributed by atoms with Gasteiger partial charge >= 0.3 is 0 Å². The third kappa shape index (κ3) is 10.0. The topological polar surface area (TPSA) is 156 Å². The van der Waals surface area contributed by atoms with E-state index >= 15 is 0 Å². The van der Waals surface area contributed by atoms with Crippen LogP contribution in [-0.4, -0.2) is 90.4 Å². The Morgan fingerprint density at radius 3 is 2.46 bits per heavy atom. The van der Waals surface area contributed by atoms with Crippen molar-refractivity contribution in [1.29, 1.82) is 0 Å². The van der Waals surface area contributed by atoms with Crippen molar-refractivity contribution in [1.82, 2.24) is 20.5 Å². The summed E-state index contributed by atoms with van der Waals surface area (Å²) in [6.07, 6.45) is -0.715. The molecule has 5 N–H and O–H groups in total. The molecule has 0 unspecified atom stereocenters. The summed E-state index contributed by atoms with van der Waals surface area (Å²) in [5.74, 6) is -1.23. The van der Waals surface area contributed by atoms with E-state index in [1.807, 2.05) is 57.5 Å². The molecule has 0 radical (unpaired) electrons. The van der Waals surface area contributed by atoms with Crippen LogP contribution >= 0.6 is 23.7 Å². The number of thiazole rings is 1. The van der Waals surface area contributed by atoms with E-state index in [9.17, 15) is 19.5 Å². The number of aromatic nitrogens is 1. The van der Waals surface area contributed by atoms with Crippen LogP contribution in [0.25, 0.3) is 10.4 Å². The van der Waals surface area contributed by atoms with Gasteiger partial charge < -0.3 is 35.8 Å². The molecule has 11 nitrogen and oxygen atoms in total. The molecule has 0 spiro atoms. The lowest BCUT2D eigenvalue weighted by Gasteiger charge is -2.35. The van der Waals surface area contributed by atoms with E-state index in [2.05, 4.69) is 15.6 Å². The van der Waals surface area contributed by atoms with Gasteiger partial charge in [0.25, 0.3) is 0 Å². The van der Waals surface area contributed by atoms with Crippen molar-refractivity contribution >= 4 is 41.5 Å². The number of rotatable bonds is 13. The molecule has 13 heteroatoms. The second-order valence-electron chi connectivity index (χ2n) is 10.9. The highest BCUT2D eigenvalue weighted by atomic mass is 35.5. The summed E-state index contributed by atoms with van der Waals surface area (Å²) >= 11 is 1.58. The number of likely N-dealkylation sites (tertiary alicyclic amines) is 1. The van der Waals surface area contributed by atoms with Gasteiger partial charge in [-0.3, -0.25) is 14.4 Å². The molecule has 0 aliphatic carbocycles. The summed E-state index contributed by atoms with van der Waals surface area (Å²) in [4.78, 5) is 46.1. The number of nitrogens with one attached hydrogen (secondary N) is 2. The first kappa shape index (κ1) is 34.6. The maximum absolute atomic E-state index is 13.6. The molecule has 1 fully saturated rings. The predicted molar refractivity (Wildman–Crippen MR) is 160 cm³/mol. The lowest BCUT2D eigenvalue weighted by molar-refractivity contribution is -0.144. The number of amides is 3. The maximum Gasteiger partial charge on any atom is 0.246 e. The second-order valence-corrected chi connectivity index (χ2v) is 11.8. The first-order valence-corrected chi connectivity index (χ1v) is 14.3. The van der Waals surface area contributed by atoms with Gasteiger partial charge in [-0.1, -0.05) is 45.0 Å². The number of hydrogen-bond donors (Lipinski definition) is 4. The number of aliphatic hydroxyl groups is 1. The second kappa shape index (κ2) is 16.1. The Bertz CT molecular complexity index is 1140. The minimum Gasteiger partial charge on any atom is -0.391 e. The maximum atomic E-state index is 13.6. The van der Waals surface area contributed by atoms with Crippen LogP contribution < -0.4 is 16.4 Å². The van der Waals surface area contributed by atoms with Crippen LogP contribution in [-0.2, 0) is 30.4 Å². The fourth-order valence-electron chi connectivity index (χ4n) is 4.45. The molecule has 2 aromatic rings. The number of nitrogens with two attached hydrogens (primary N) is 1. The van der Waals surface area contributed by atoms with E-state index in [-0.39, 0.29) is 51.0 Å². The fourth-order valence-corrected chi connectivity index (χ4v) is 5.26.